The van der Waals surface area contributed by atoms with Gasteiger partial charge in [0.2, 0.25) is 0 Å². The van der Waals surface area contributed by atoms with Crippen LogP contribution < -0.4 is 4.90 Å². The number of ether oxygens (including phenoxy) is 1. The SMILES string of the molecule is CCc1cc(N2CCOC(c3ccc(F)c(Cl)c3)C2)nc(-c2ccncc2)n1. The van der Waals surface area contributed by atoms with Crippen LogP contribution in [0.2, 0.25) is 5.02 Å². The fourth-order valence-electron chi connectivity index (χ4n) is 3.23. The molecule has 0 aliphatic carbocycles. The molecular weight excluding hydrogens is 379 g/mol. The molecule has 28 heavy (non-hydrogen) atoms. The number of morpholine rings is 1. The third kappa shape index (κ3) is 3.98. The van der Waals surface area contributed by atoms with Crippen molar-refractivity contribution in [1.29, 1.82) is 0 Å². The molecule has 5 nitrogen and oxygen atoms in total. The topological polar surface area (TPSA) is 51.1 Å². The molecule has 1 unspecified atom stereocenters. The van der Waals surface area contributed by atoms with Gasteiger partial charge in [-0.25, -0.2) is 14.4 Å². The first-order valence-corrected chi connectivity index (χ1v) is 9.61. The minimum atomic E-state index is -0.427. The summed E-state index contributed by atoms with van der Waals surface area (Å²) in [7, 11) is 0. The summed E-state index contributed by atoms with van der Waals surface area (Å²) in [4.78, 5) is 15.7. The van der Waals surface area contributed by atoms with Crippen LogP contribution in [0.25, 0.3) is 11.4 Å². The number of benzene rings is 1. The van der Waals surface area contributed by atoms with E-state index in [4.69, 9.17) is 21.3 Å². The zero-order valence-electron chi connectivity index (χ0n) is 15.5. The van der Waals surface area contributed by atoms with Crippen LogP contribution in [0.15, 0.2) is 48.8 Å². The Hall–Kier alpha value is -2.57. The summed E-state index contributed by atoms with van der Waals surface area (Å²) in [5.74, 6) is 1.12. The number of hydrogen-bond acceptors (Lipinski definition) is 5. The van der Waals surface area contributed by atoms with E-state index in [9.17, 15) is 4.39 Å². The Morgan fingerprint density at radius 1 is 1.18 bits per heavy atom. The Kier molecular flexibility index (Phi) is 5.50. The Bertz CT molecular complexity index is 970. The molecular formula is C21H20ClFN4O. The van der Waals surface area contributed by atoms with Crippen LogP contribution >= 0.6 is 11.6 Å². The lowest BCUT2D eigenvalue weighted by Crippen LogP contribution is -2.39. The molecule has 1 aliphatic rings. The highest BCUT2D eigenvalue weighted by atomic mass is 35.5. The summed E-state index contributed by atoms with van der Waals surface area (Å²) in [6.45, 7) is 3.96. The van der Waals surface area contributed by atoms with E-state index < -0.39 is 5.82 Å². The number of halogens is 2. The third-order valence-electron chi connectivity index (χ3n) is 4.77. The second-order valence-corrected chi connectivity index (χ2v) is 7.02. The summed E-state index contributed by atoms with van der Waals surface area (Å²) >= 11 is 5.94. The number of nitrogens with zero attached hydrogens (tertiary/aromatic N) is 4. The van der Waals surface area contributed by atoms with Crippen LogP contribution in [0.4, 0.5) is 10.2 Å². The number of aryl methyl sites for hydroxylation is 1. The predicted octanol–water partition coefficient (Wildman–Crippen LogP) is 4.47. The Morgan fingerprint density at radius 2 is 2.00 bits per heavy atom. The van der Waals surface area contributed by atoms with Gasteiger partial charge in [0.25, 0.3) is 0 Å². The van der Waals surface area contributed by atoms with Gasteiger partial charge in [-0.1, -0.05) is 24.6 Å². The molecule has 144 valence electrons. The maximum atomic E-state index is 13.5. The van der Waals surface area contributed by atoms with Gasteiger partial charge >= 0.3 is 0 Å². The molecule has 0 saturated carbocycles. The predicted molar refractivity (Wildman–Crippen MR) is 107 cm³/mol. The molecule has 0 N–H and O–H groups in total. The van der Waals surface area contributed by atoms with Crippen LogP contribution in [-0.2, 0) is 11.2 Å². The van der Waals surface area contributed by atoms with Gasteiger partial charge in [-0.05, 0) is 36.2 Å². The van der Waals surface area contributed by atoms with E-state index in [0.29, 0.717) is 19.0 Å². The first-order valence-electron chi connectivity index (χ1n) is 9.24. The van der Waals surface area contributed by atoms with Crippen molar-refractivity contribution >= 4 is 17.4 Å². The van der Waals surface area contributed by atoms with Gasteiger partial charge in [0.1, 0.15) is 17.7 Å². The second kappa shape index (κ2) is 8.20. The van der Waals surface area contributed by atoms with E-state index in [1.54, 1.807) is 24.5 Å². The summed E-state index contributed by atoms with van der Waals surface area (Å²) in [6.07, 6.45) is 4.09. The van der Waals surface area contributed by atoms with E-state index in [1.807, 2.05) is 18.2 Å². The van der Waals surface area contributed by atoms with Crippen LogP contribution in [-0.4, -0.2) is 34.6 Å². The highest BCUT2D eigenvalue weighted by Crippen LogP contribution is 2.29. The van der Waals surface area contributed by atoms with Crippen LogP contribution in [0.3, 0.4) is 0 Å². The lowest BCUT2D eigenvalue weighted by Gasteiger charge is -2.34. The van der Waals surface area contributed by atoms with Gasteiger partial charge in [0.05, 0.1) is 11.6 Å². The average molecular weight is 399 g/mol. The van der Waals surface area contributed by atoms with Gasteiger partial charge in [-0.15, -0.1) is 0 Å². The van der Waals surface area contributed by atoms with Crippen molar-refractivity contribution in [1.82, 2.24) is 15.0 Å². The molecule has 0 spiro atoms. The molecule has 0 bridgehead atoms. The largest absolute Gasteiger partial charge is 0.370 e. The Morgan fingerprint density at radius 3 is 2.75 bits per heavy atom. The molecule has 1 fully saturated rings. The fourth-order valence-corrected chi connectivity index (χ4v) is 3.42. The molecule has 3 heterocycles. The quantitative estimate of drug-likeness (QED) is 0.649. The first-order chi connectivity index (χ1) is 13.6. The number of rotatable bonds is 4. The molecule has 1 atom stereocenters. The van der Waals surface area contributed by atoms with Gasteiger partial charge in [0.15, 0.2) is 5.82 Å². The van der Waals surface area contributed by atoms with Crippen molar-refractivity contribution in [2.75, 3.05) is 24.6 Å². The lowest BCUT2D eigenvalue weighted by atomic mass is 10.1. The van der Waals surface area contributed by atoms with Gasteiger partial charge in [0, 0.05) is 42.8 Å². The summed E-state index contributed by atoms with van der Waals surface area (Å²) < 4.78 is 19.4. The summed E-state index contributed by atoms with van der Waals surface area (Å²) in [5, 5.41) is 0.105. The maximum Gasteiger partial charge on any atom is 0.161 e. The Balaban J connectivity index is 1.63. The lowest BCUT2D eigenvalue weighted by molar-refractivity contribution is 0.0395. The minimum absolute atomic E-state index is 0.105. The summed E-state index contributed by atoms with van der Waals surface area (Å²) in [5.41, 5.74) is 2.77. The maximum absolute atomic E-state index is 13.5. The van der Waals surface area contributed by atoms with Crippen molar-refractivity contribution in [2.45, 2.75) is 19.4 Å². The zero-order valence-corrected chi connectivity index (χ0v) is 16.2. The zero-order chi connectivity index (χ0) is 19.5. The molecule has 1 saturated heterocycles. The van der Waals surface area contributed by atoms with E-state index in [0.717, 1.165) is 35.6 Å². The summed E-state index contributed by atoms with van der Waals surface area (Å²) in [6, 6.07) is 10.6. The number of anilines is 1. The molecule has 1 aromatic carbocycles. The van der Waals surface area contributed by atoms with Crippen molar-refractivity contribution in [3.63, 3.8) is 0 Å². The Labute approximate surface area is 168 Å². The number of pyridine rings is 1. The molecule has 2 aromatic heterocycles. The number of aromatic nitrogens is 3. The minimum Gasteiger partial charge on any atom is -0.370 e. The van der Waals surface area contributed by atoms with Gasteiger partial charge in [-0.2, -0.15) is 0 Å². The molecule has 4 rings (SSSR count). The highest BCUT2D eigenvalue weighted by molar-refractivity contribution is 6.30. The standard InChI is InChI=1S/C21H20ClFN4O/c1-2-16-12-20(26-21(25-16)14-5-7-24-8-6-14)27-9-10-28-19(13-27)15-3-4-18(23)17(22)11-15/h3-8,11-12,19H,2,9-10,13H2,1H3. The van der Waals surface area contributed by atoms with Crippen molar-refractivity contribution < 1.29 is 9.13 Å². The molecule has 0 amide bonds. The molecule has 3 aromatic rings. The van der Waals surface area contributed by atoms with Crippen LogP contribution in [0.1, 0.15) is 24.3 Å². The normalized spacial score (nSPS) is 17.0. The van der Waals surface area contributed by atoms with Gasteiger partial charge < -0.3 is 9.64 Å². The van der Waals surface area contributed by atoms with Gasteiger partial charge in [-0.3, -0.25) is 4.98 Å². The molecule has 1 aliphatic heterocycles. The van der Waals surface area contributed by atoms with Crippen molar-refractivity contribution in [2.24, 2.45) is 0 Å². The number of hydrogen-bond donors (Lipinski definition) is 0. The molecule has 7 heteroatoms. The average Bonchev–Trinajstić information content (AvgIpc) is 2.76. The van der Waals surface area contributed by atoms with E-state index in [1.165, 1.54) is 6.07 Å². The van der Waals surface area contributed by atoms with Crippen LogP contribution in [0, 0.1) is 5.82 Å². The highest BCUT2D eigenvalue weighted by Gasteiger charge is 2.24. The monoisotopic (exact) mass is 398 g/mol. The van der Waals surface area contributed by atoms with E-state index in [2.05, 4.69) is 21.8 Å². The third-order valence-corrected chi connectivity index (χ3v) is 5.06. The van der Waals surface area contributed by atoms with E-state index in [-0.39, 0.29) is 11.1 Å². The van der Waals surface area contributed by atoms with Crippen molar-refractivity contribution in [3.05, 3.63) is 70.9 Å². The van der Waals surface area contributed by atoms with Crippen molar-refractivity contribution in [3.8, 4) is 11.4 Å². The van der Waals surface area contributed by atoms with E-state index >= 15 is 0 Å². The van der Waals surface area contributed by atoms with Crippen LogP contribution in [0.5, 0.6) is 0 Å². The second-order valence-electron chi connectivity index (χ2n) is 6.61. The first kappa shape index (κ1) is 18.8. The molecule has 0 radical (unpaired) electrons. The smallest absolute Gasteiger partial charge is 0.161 e. The fraction of sp³-hybridized carbons (Fsp3) is 0.286.